The van der Waals surface area contributed by atoms with E-state index in [1.165, 1.54) is 121 Å². The lowest BCUT2D eigenvalue weighted by molar-refractivity contribution is 0.660. The van der Waals surface area contributed by atoms with Crippen LogP contribution >= 0.6 is 0 Å². The van der Waals surface area contributed by atoms with Crippen molar-refractivity contribution in [3.05, 3.63) is 216 Å². The molecule has 0 saturated carbocycles. The van der Waals surface area contributed by atoms with Crippen molar-refractivity contribution in [1.29, 1.82) is 0 Å². The Morgan fingerprint density at radius 3 is 0.950 bits per heavy atom. The molecule has 0 radical (unpaired) electrons. The maximum absolute atomic E-state index is 2.48. The van der Waals surface area contributed by atoms with Crippen molar-refractivity contribution in [2.45, 2.75) is 38.5 Å². The fourth-order valence-corrected chi connectivity index (χ4v) is 10.9. The van der Waals surface area contributed by atoms with E-state index in [1.54, 1.807) is 0 Å². The van der Waals surface area contributed by atoms with E-state index in [4.69, 9.17) is 0 Å². The molecule has 0 nitrogen and oxygen atoms in total. The molecule has 0 saturated heterocycles. The van der Waals surface area contributed by atoms with E-state index in [9.17, 15) is 0 Å². The number of hydrogen-bond donors (Lipinski definition) is 0. The Morgan fingerprint density at radius 1 is 0.250 bits per heavy atom. The lowest BCUT2D eigenvalue weighted by atomic mass is 9.80. The van der Waals surface area contributed by atoms with Crippen LogP contribution in [0.2, 0.25) is 0 Å². The first-order valence-electron chi connectivity index (χ1n) is 21.3. The van der Waals surface area contributed by atoms with Crippen LogP contribution in [0.15, 0.2) is 194 Å². The third-order valence-corrected chi connectivity index (χ3v) is 14.0. The van der Waals surface area contributed by atoms with Crippen molar-refractivity contribution in [1.82, 2.24) is 0 Å². The molecule has 0 unspecified atom stereocenters. The fraction of sp³-hybridized carbons (Fsp3) is 0.100. The van der Waals surface area contributed by atoms with Gasteiger partial charge in [-0.05, 0) is 158 Å². The van der Waals surface area contributed by atoms with Crippen LogP contribution in [-0.4, -0.2) is 0 Å². The smallest absolute Gasteiger partial charge is 0.0159 e. The Kier molecular flexibility index (Phi) is 7.42. The molecular weight excluding hydrogens is 721 g/mol. The van der Waals surface area contributed by atoms with E-state index >= 15 is 0 Å². The minimum atomic E-state index is -0.133. The maximum Gasteiger partial charge on any atom is 0.0159 e. The number of fused-ring (bicyclic) bond motifs is 11. The van der Waals surface area contributed by atoms with E-state index in [2.05, 4.69) is 222 Å². The van der Waals surface area contributed by atoms with Crippen LogP contribution < -0.4 is 0 Å². The van der Waals surface area contributed by atoms with E-state index in [1.807, 2.05) is 0 Å². The molecule has 0 aromatic heterocycles. The highest BCUT2D eigenvalue weighted by molar-refractivity contribution is 6.25. The summed E-state index contributed by atoms with van der Waals surface area (Å²) in [5.74, 6) is 0. The minimum absolute atomic E-state index is 0.133. The van der Waals surface area contributed by atoms with Gasteiger partial charge < -0.3 is 0 Å². The lowest BCUT2D eigenvalue weighted by Crippen LogP contribution is -2.15. The summed E-state index contributed by atoms with van der Waals surface area (Å²) in [5.41, 5.74) is 20.8. The van der Waals surface area contributed by atoms with Crippen molar-refractivity contribution < 1.29 is 0 Å². The normalized spacial score (nSPS) is 14.3. The van der Waals surface area contributed by atoms with Crippen LogP contribution in [0, 0.1) is 0 Å². The van der Waals surface area contributed by atoms with Crippen LogP contribution in [0.5, 0.6) is 0 Å². The highest BCUT2D eigenvalue weighted by Crippen LogP contribution is 2.53. The molecule has 0 amide bonds. The van der Waals surface area contributed by atoms with Crippen LogP contribution in [-0.2, 0) is 10.8 Å². The summed E-state index contributed by atoms with van der Waals surface area (Å²) in [6.07, 6.45) is 0. The largest absolute Gasteiger partial charge is 0.0622 e. The molecule has 60 heavy (non-hydrogen) atoms. The van der Waals surface area contributed by atoms with Gasteiger partial charge in [0.15, 0.2) is 0 Å². The van der Waals surface area contributed by atoms with Gasteiger partial charge in [0.05, 0.1) is 0 Å². The van der Waals surface area contributed by atoms with Crippen molar-refractivity contribution >= 4 is 32.3 Å². The van der Waals surface area contributed by atoms with Gasteiger partial charge in [0, 0.05) is 10.8 Å². The third-order valence-electron chi connectivity index (χ3n) is 14.0. The van der Waals surface area contributed by atoms with Gasteiger partial charge in [0.25, 0.3) is 0 Å². The first-order valence-corrected chi connectivity index (χ1v) is 21.3. The summed E-state index contributed by atoms with van der Waals surface area (Å²) < 4.78 is 0. The van der Waals surface area contributed by atoms with Gasteiger partial charge in [-0.2, -0.15) is 0 Å². The van der Waals surface area contributed by atoms with Crippen LogP contribution in [0.25, 0.3) is 99.1 Å². The lowest BCUT2D eigenvalue weighted by Gasteiger charge is -2.23. The molecule has 10 aromatic rings. The van der Waals surface area contributed by atoms with Crippen molar-refractivity contribution in [2.24, 2.45) is 0 Å². The highest BCUT2D eigenvalue weighted by Gasteiger charge is 2.37. The molecule has 0 fully saturated rings. The Bertz CT molecular complexity index is 3170. The fourth-order valence-electron chi connectivity index (χ4n) is 10.9. The van der Waals surface area contributed by atoms with Gasteiger partial charge >= 0.3 is 0 Å². The van der Waals surface area contributed by atoms with Crippen molar-refractivity contribution in [3.8, 4) is 66.8 Å². The molecule has 12 rings (SSSR count). The summed E-state index contributed by atoms with van der Waals surface area (Å²) >= 11 is 0. The first kappa shape index (κ1) is 35.0. The number of benzene rings is 10. The molecule has 0 bridgehead atoms. The van der Waals surface area contributed by atoms with Crippen LogP contribution in [0.3, 0.4) is 0 Å². The second-order valence-electron chi connectivity index (χ2n) is 18.1. The molecular formula is C60H44. The maximum atomic E-state index is 2.48. The van der Waals surface area contributed by atoms with Gasteiger partial charge in [0.1, 0.15) is 0 Å². The second-order valence-corrected chi connectivity index (χ2v) is 18.1. The summed E-state index contributed by atoms with van der Waals surface area (Å²) in [6, 6.07) is 73.0. The molecule has 0 spiro atoms. The molecule has 10 aromatic carbocycles. The third kappa shape index (κ3) is 5.04. The Labute approximate surface area is 352 Å². The minimum Gasteiger partial charge on any atom is -0.0622 e. The Morgan fingerprint density at radius 2 is 0.567 bits per heavy atom. The predicted octanol–water partition coefficient (Wildman–Crippen LogP) is 16.4. The van der Waals surface area contributed by atoms with Gasteiger partial charge in [-0.1, -0.05) is 185 Å². The molecule has 2 aliphatic carbocycles. The SMILES string of the molecule is CC1(C)c2cc(-c3ccccc3)ccc2-c2ccc(-c3cc4cc(-c5ccc6c(c5)C(C)(C)c5cc(-c7ccccc7)ccc5-6)c5ccccc5c4c4ccccc34)cc21. The molecule has 0 N–H and O–H groups in total. The van der Waals surface area contributed by atoms with Crippen molar-refractivity contribution in [2.75, 3.05) is 0 Å². The molecule has 0 heteroatoms. The predicted molar refractivity (Wildman–Crippen MR) is 256 cm³/mol. The summed E-state index contributed by atoms with van der Waals surface area (Å²) in [6.45, 7) is 9.58. The average molecular weight is 765 g/mol. The standard InChI is InChI=1S/C60H44/c1-59(2)54-33-39(37-15-7-5-8-16-37)23-27-46(54)48-29-25-41(35-56(48)59)52-31-43-32-53(45-20-12-14-22-51(45)58(43)50-21-13-11-19-44(50)52)42-26-30-49-47-28-24-40(38-17-9-6-10-18-38)34-55(47)60(3,4)57(49)36-42/h5-36H,1-4H3. The van der Waals surface area contributed by atoms with E-state index < -0.39 is 0 Å². The quantitative estimate of drug-likeness (QED) is 0.157. The average Bonchev–Trinajstić information content (AvgIpc) is 3.66. The first-order chi connectivity index (χ1) is 29.3. The summed E-state index contributed by atoms with van der Waals surface area (Å²) in [5, 5.41) is 7.75. The second kappa shape index (κ2) is 12.7. The molecule has 0 heterocycles. The number of hydrogen-bond acceptors (Lipinski definition) is 0. The zero-order valence-corrected chi connectivity index (χ0v) is 34.5. The molecule has 284 valence electrons. The van der Waals surface area contributed by atoms with E-state index in [0.29, 0.717) is 0 Å². The topological polar surface area (TPSA) is 0 Å². The summed E-state index contributed by atoms with van der Waals surface area (Å²) in [7, 11) is 0. The van der Waals surface area contributed by atoms with Crippen LogP contribution in [0.4, 0.5) is 0 Å². The van der Waals surface area contributed by atoms with Gasteiger partial charge in [-0.25, -0.2) is 0 Å². The highest BCUT2D eigenvalue weighted by atomic mass is 14.4. The zero-order valence-electron chi connectivity index (χ0n) is 34.5. The Balaban J connectivity index is 1.01. The van der Waals surface area contributed by atoms with E-state index in [0.717, 1.165) is 0 Å². The Hall–Kier alpha value is -7.02. The summed E-state index contributed by atoms with van der Waals surface area (Å²) in [4.78, 5) is 0. The van der Waals surface area contributed by atoms with Gasteiger partial charge in [-0.3, -0.25) is 0 Å². The van der Waals surface area contributed by atoms with Crippen molar-refractivity contribution in [3.63, 3.8) is 0 Å². The van der Waals surface area contributed by atoms with Crippen LogP contribution in [0.1, 0.15) is 49.9 Å². The zero-order chi connectivity index (χ0) is 40.3. The molecule has 2 aliphatic rings. The van der Waals surface area contributed by atoms with E-state index in [-0.39, 0.29) is 10.8 Å². The molecule has 0 atom stereocenters. The van der Waals surface area contributed by atoms with Gasteiger partial charge in [0.2, 0.25) is 0 Å². The molecule has 0 aliphatic heterocycles. The number of rotatable bonds is 4. The van der Waals surface area contributed by atoms with Gasteiger partial charge in [-0.15, -0.1) is 0 Å². The monoisotopic (exact) mass is 764 g/mol.